The van der Waals surface area contributed by atoms with Gasteiger partial charge in [0.2, 0.25) is 0 Å². The second kappa shape index (κ2) is 6.15. The van der Waals surface area contributed by atoms with Crippen LogP contribution in [0.4, 0.5) is 17.6 Å². The summed E-state index contributed by atoms with van der Waals surface area (Å²) in [4.78, 5) is 15.7. The molecule has 3 rings (SSSR count). The van der Waals surface area contributed by atoms with Crippen molar-refractivity contribution in [3.05, 3.63) is 53.7 Å². The van der Waals surface area contributed by atoms with Gasteiger partial charge in [0.05, 0.1) is 18.5 Å². The number of rotatable bonds is 3. The fraction of sp³-hybridized carbons (Fsp3) is 0.188. The van der Waals surface area contributed by atoms with Crippen LogP contribution in [0.5, 0.6) is 0 Å². The molecule has 130 valence electrons. The number of pyridine rings is 1. The zero-order valence-electron chi connectivity index (χ0n) is 12.8. The molecule has 0 unspecified atom stereocenters. The fourth-order valence-corrected chi connectivity index (χ4v) is 2.47. The number of alkyl halides is 3. The van der Waals surface area contributed by atoms with Crippen molar-refractivity contribution in [1.82, 2.24) is 14.8 Å². The molecule has 2 heterocycles. The lowest BCUT2D eigenvalue weighted by Crippen LogP contribution is -2.18. The average molecular weight is 353 g/mol. The summed E-state index contributed by atoms with van der Waals surface area (Å²) >= 11 is 0. The van der Waals surface area contributed by atoms with Gasteiger partial charge in [0, 0.05) is 11.6 Å². The highest BCUT2D eigenvalue weighted by Crippen LogP contribution is 2.35. The quantitative estimate of drug-likeness (QED) is 0.531. The maximum Gasteiger partial charge on any atom is 0.434 e. The molecule has 0 atom stereocenters. The summed E-state index contributed by atoms with van der Waals surface area (Å²) in [5.74, 6) is -1.81. The summed E-state index contributed by atoms with van der Waals surface area (Å²) < 4.78 is 59.7. The maximum atomic E-state index is 13.9. The van der Waals surface area contributed by atoms with Crippen LogP contribution in [0.2, 0.25) is 0 Å². The number of fused-ring (bicyclic) bond motifs is 1. The number of nitrogens with zero attached hydrogens (tertiary/aromatic N) is 3. The van der Waals surface area contributed by atoms with Crippen LogP contribution < -0.4 is 0 Å². The molecule has 0 spiro atoms. The summed E-state index contributed by atoms with van der Waals surface area (Å²) in [7, 11) is 0. The van der Waals surface area contributed by atoms with Crippen molar-refractivity contribution in [2.45, 2.75) is 13.1 Å². The summed E-state index contributed by atoms with van der Waals surface area (Å²) in [6, 6.07) is 5.04. The zero-order valence-corrected chi connectivity index (χ0v) is 12.8. The molecule has 5 nitrogen and oxygen atoms in total. The molecule has 3 aromatic rings. The predicted octanol–water partition coefficient (Wildman–Crippen LogP) is 3.76. The lowest BCUT2D eigenvalue weighted by Gasteiger charge is -2.14. The van der Waals surface area contributed by atoms with Crippen LogP contribution in [-0.2, 0) is 10.9 Å². The van der Waals surface area contributed by atoms with E-state index in [0.29, 0.717) is 4.68 Å². The molecule has 0 bridgehead atoms. The second-order valence-corrected chi connectivity index (χ2v) is 5.00. The van der Waals surface area contributed by atoms with Gasteiger partial charge in [0.15, 0.2) is 5.69 Å². The molecule has 0 radical (unpaired) electrons. The van der Waals surface area contributed by atoms with E-state index in [0.717, 1.165) is 18.3 Å². The van der Waals surface area contributed by atoms with Gasteiger partial charge >= 0.3 is 12.1 Å². The van der Waals surface area contributed by atoms with Gasteiger partial charge in [0.1, 0.15) is 16.9 Å². The lowest BCUT2D eigenvalue weighted by molar-refractivity contribution is -0.143. The number of carbonyl (C=O) groups excluding carboxylic acids is 1. The molecule has 0 saturated carbocycles. The number of hydrogen-bond acceptors (Lipinski definition) is 4. The molecule has 0 saturated heterocycles. The van der Waals surface area contributed by atoms with Crippen molar-refractivity contribution in [3.8, 4) is 5.69 Å². The first-order valence-electron chi connectivity index (χ1n) is 7.20. The summed E-state index contributed by atoms with van der Waals surface area (Å²) in [5.41, 5.74) is -2.15. The largest absolute Gasteiger partial charge is 0.462 e. The number of esters is 1. The maximum absolute atomic E-state index is 13.9. The number of benzene rings is 1. The molecular formula is C16H11F4N3O2. The van der Waals surface area contributed by atoms with Gasteiger partial charge in [0.25, 0.3) is 0 Å². The Kier molecular flexibility index (Phi) is 4.15. The Morgan fingerprint density at radius 2 is 2.04 bits per heavy atom. The highest BCUT2D eigenvalue weighted by Gasteiger charge is 2.41. The normalized spacial score (nSPS) is 11.7. The Morgan fingerprint density at radius 1 is 1.28 bits per heavy atom. The molecule has 9 heteroatoms. The Balaban J connectivity index is 2.29. The van der Waals surface area contributed by atoms with E-state index in [9.17, 15) is 22.4 Å². The summed E-state index contributed by atoms with van der Waals surface area (Å²) in [6.45, 7) is 1.40. The molecule has 0 aliphatic rings. The number of ether oxygens (including phenoxy) is 1. The summed E-state index contributed by atoms with van der Waals surface area (Å²) in [6.07, 6.45) is -2.76. The van der Waals surface area contributed by atoms with E-state index in [1.165, 1.54) is 25.3 Å². The molecule has 25 heavy (non-hydrogen) atoms. The Labute approximate surface area is 138 Å². The third-order valence-electron chi connectivity index (χ3n) is 3.46. The van der Waals surface area contributed by atoms with Gasteiger partial charge in [-0.05, 0) is 31.2 Å². The van der Waals surface area contributed by atoms with Crippen LogP contribution in [0.15, 0.2) is 36.7 Å². The van der Waals surface area contributed by atoms with Gasteiger partial charge in [-0.15, -0.1) is 0 Å². The van der Waals surface area contributed by atoms with Crippen molar-refractivity contribution in [3.63, 3.8) is 0 Å². The fourth-order valence-electron chi connectivity index (χ4n) is 2.47. The van der Waals surface area contributed by atoms with Crippen molar-refractivity contribution >= 4 is 16.9 Å². The Hall–Kier alpha value is -2.97. The predicted molar refractivity (Wildman–Crippen MR) is 79.8 cm³/mol. The third kappa shape index (κ3) is 2.92. The van der Waals surface area contributed by atoms with Crippen LogP contribution in [0.3, 0.4) is 0 Å². The first kappa shape index (κ1) is 16.9. The van der Waals surface area contributed by atoms with Crippen LogP contribution in [0.25, 0.3) is 16.6 Å². The van der Waals surface area contributed by atoms with Crippen LogP contribution in [0, 0.1) is 5.82 Å². The van der Waals surface area contributed by atoms with Crippen molar-refractivity contribution in [2.24, 2.45) is 0 Å². The number of halogens is 4. The molecule has 0 aliphatic carbocycles. The average Bonchev–Trinajstić information content (AvgIpc) is 3.01. The standard InChI is InChI=1S/C16H11F4N3O2/c1-2-25-15(24)10-8-22-23(14(10)16(18,19)20)12-6-5-11(17)13-9(12)4-3-7-21-13/h3-8H,2H2,1H3. The van der Waals surface area contributed by atoms with Crippen molar-refractivity contribution in [2.75, 3.05) is 6.61 Å². The van der Waals surface area contributed by atoms with E-state index in [2.05, 4.69) is 14.8 Å². The van der Waals surface area contributed by atoms with E-state index in [-0.39, 0.29) is 23.2 Å². The zero-order chi connectivity index (χ0) is 18.2. The molecule has 1 aromatic carbocycles. The van der Waals surface area contributed by atoms with Crippen molar-refractivity contribution in [1.29, 1.82) is 0 Å². The molecule has 2 aromatic heterocycles. The molecule has 0 fully saturated rings. The smallest absolute Gasteiger partial charge is 0.434 e. The first-order chi connectivity index (χ1) is 11.8. The minimum absolute atomic E-state index is 0.0487. The number of carbonyl (C=O) groups is 1. The minimum atomic E-state index is -4.87. The van der Waals surface area contributed by atoms with E-state index >= 15 is 0 Å². The number of hydrogen-bond donors (Lipinski definition) is 0. The van der Waals surface area contributed by atoms with E-state index < -0.39 is 29.2 Å². The Bertz CT molecular complexity index is 950. The molecule has 0 amide bonds. The van der Waals surface area contributed by atoms with E-state index in [1.807, 2.05) is 0 Å². The highest BCUT2D eigenvalue weighted by molar-refractivity contribution is 5.92. The molecule has 0 aliphatic heterocycles. The summed E-state index contributed by atoms with van der Waals surface area (Å²) in [5, 5.41) is 3.81. The third-order valence-corrected chi connectivity index (χ3v) is 3.46. The van der Waals surface area contributed by atoms with Crippen LogP contribution >= 0.6 is 0 Å². The van der Waals surface area contributed by atoms with Gasteiger partial charge < -0.3 is 4.74 Å². The molecular weight excluding hydrogens is 342 g/mol. The van der Waals surface area contributed by atoms with Gasteiger partial charge in [-0.25, -0.2) is 13.9 Å². The topological polar surface area (TPSA) is 57.0 Å². The molecule has 0 N–H and O–H groups in total. The van der Waals surface area contributed by atoms with E-state index in [1.54, 1.807) is 0 Å². The monoisotopic (exact) mass is 353 g/mol. The van der Waals surface area contributed by atoms with Gasteiger partial charge in [-0.3, -0.25) is 4.98 Å². The van der Waals surface area contributed by atoms with Crippen molar-refractivity contribution < 1.29 is 27.1 Å². The Morgan fingerprint density at radius 3 is 2.72 bits per heavy atom. The second-order valence-electron chi connectivity index (χ2n) is 5.00. The van der Waals surface area contributed by atoms with Crippen LogP contribution in [0.1, 0.15) is 23.0 Å². The lowest BCUT2D eigenvalue weighted by atomic mass is 10.1. The van der Waals surface area contributed by atoms with Gasteiger partial charge in [-0.1, -0.05) is 0 Å². The van der Waals surface area contributed by atoms with Gasteiger partial charge in [-0.2, -0.15) is 18.3 Å². The SMILES string of the molecule is CCOC(=O)c1cnn(-c2ccc(F)c3ncccc23)c1C(F)(F)F. The highest BCUT2D eigenvalue weighted by atomic mass is 19.4. The van der Waals surface area contributed by atoms with E-state index in [4.69, 9.17) is 0 Å². The van der Waals surface area contributed by atoms with Crippen LogP contribution in [-0.4, -0.2) is 27.3 Å². The first-order valence-corrected chi connectivity index (χ1v) is 7.20. The minimum Gasteiger partial charge on any atom is -0.462 e. The number of aromatic nitrogens is 3.